The second-order valence-electron chi connectivity index (χ2n) is 6.99. The summed E-state index contributed by atoms with van der Waals surface area (Å²) in [6.07, 6.45) is 2.17. The fourth-order valence-corrected chi connectivity index (χ4v) is 3.32. The Morgan fingerprint density at radius 3 is 2.69 bits per heavy atom. The molecular formula is C22H24N4O3. The van der Waals surface area contributed by atoms with Crippen LogP contribution in [0.2, 0.25) is 0 Å². The summed E-state index contributed by atoms with van der Waals surface area (Å²) in [5.74, 6) is -1.30. The smallest absolute Gasteiger partial charge is 0.311 e. The summed E-state index contributed by atoms with van der Waals surface area (Å²) in [5.41, 5.74) is 8.35. The van der Waals surface area contributed by atoms with Gasteiger partial charge >= 0.3 is 5.97 Å². The molecule has 150 valence electrons. The van der Waals surface area contributed by atoms with Crippen molar-refractivity contribution in [2.45, 2.75) is 19.4 Å². The van der Waals surface area contributed by atoms with Crippen molar-refractivity contribution in [2.75, 3.05) is 7.11 Å². The van der Waals surface area contributed by atoms with Crippen molar-refractivity contribution in [3.05, 3.63) is 71.4 Å². The van der Waals surface area contributed by atoms with Crippen LogP contribution < -0.4 is 11.1 Å². The van der Waals surface area contributed by atoms with Crippen molar-refractivity contribution in [3.8, 4) is 0 Å². The first-order chi connectivity index (χ1) is 13.9. The van der Waals surface area contributed by atoms with Crippen LogP contribution in [0.3, 0.4) is 0 Å². The lowest BCUT2D eigenvalue weighted by molar-refractivity contribution is -0.146. The lowest BCUT2D eigenvalue weighted by atomic mass is 9.92. The van der Waals surface area contributed by atoms with Gasteiger partial charge in [0.2, 0.25) is 0 Å². The average molecular weight is 392 g/mol. The Balaban J connectivity index is 1.77. The van der Waals surface area contributed by atoms with Crippen molar-refractivity contribution < 1.29 is 14.3 Å². The van der Waals surface area contributed by atoms with E-state index < -0.39 is 17.9 Å². The lowest BCUT2D eigenvalue weighted by Crippen LogP contribution is -2.42. The molecule has 0 aliphatic heterocycles. The number of benzene rings is 2. The molecule has 0 bridgehead atoms. The average Bonchev–Trinajstić information content (AvgIpc) is 3.19. The Morgan fingerprint density at radius 1 is 1.17 bits per heavy atom. The van der Waals surface area contributed by atoms with Crippen molar-refractivity contribution >= 4 is 28.6 Å². The van der Waals surface area contributed by atoms with Crippen LogP contribution in [0.15, 0.2) is 54.7 Å². The van der Waals surface area contributed by atoms with Gasteiger partial charge in [-0.05, 0) is 48.6 Å². The van der Waals surface area contributed by atoms with Crippen molar-refractivity contribution in [2.24, 2.45) is 11.7 Å². The molecule has 1 aromatic heterocycles. The number of H-pyrrole nitrogens is 1. The first kappa shape index (κ1) is 20.1. The maximum absolute atomic E-state index is 12.7. The van der Waals surface area contributed by atoms with Gasteiger partial charge in [-0.3, -0.25) is 15.0 Å². The number of rotatable bonds is 7. The SMILES string of the molecule is COC(=O)C(Cc1cccc(C(=N)N)c1)C(C)NC(=O)c1ccc2cc[nH]c2c1. The first-order valence-corrected chi connectivity index (χ1v) is 9.28. The van der Waals surface area contributed by atoms with Gasteiger partial charge in [-0.1, -0.05) is 24.3 Å². The van der Waals surface area contributed by atoms with E-state index in [-0.39, 0.29) is 11.7 Å². The number of carbonyl (C=O) groups excluding carboxylic acids is 2. The van der Waals surface area contributed by atoms with Crippen molar-refractivity contribution in [1.82, 2.24) is 10.3 Å². The number of aromatic nitrogens is 1. The molecule has 0 fully saturated rings. The topological polar surface area (TPSA) is 121 Å². The predicted octanol–water partition coefficient (Wildman–Crippen LogP) is 2.60. The zero-order chi connectivity index (χ0) is 21.0. The number of ether oxygens (including phenoxy) is 1. The molecule has 3 aromatic rings. The number of nitrogen functional groups attached to an aromatic ring is 1. The Hall–Kier alpha value is -3.61. The van der Waals surface area contributed by atoms with Gasteiger partial charge in [0, 0.05) is 28.9 Å². The molecule has 7 heteroatoms. The summed E-state index contributed by atoms with van der Waals surface area (Å²) in [7, 11) is 1.33. The quantitative estimate of drug-likeness (QED) is 0.280. The number of nitrogens with two attached hydrogens (primary N) is 1. The van der Waals surface area contributed by atoms with E-state index in [1.54, 1.807) is 37.3 Å². The van der Waals surface area contributed by atoms with Gasteiger partial charge < -0.3 is 20.8 Å². The number of hydrogen-bond donors (Lipinski definition) is 4. The Kier molecular flexibility index (Phi) is 5.97. The molecule has 29 heavy (non-hydrogen) atoms. The minimum atomic E-state index is -0.583. The van der Waals surface area contributed by atoms with Crippen LogP contribution in [0, 0.1) is 11.3 Å². The fourth-order valence-electron chi connectivity index (χ4n) is 3.32. The maximum atomic E-state index is 12.7. The van der Waals surface area contributed by atoms with Crippen molar-refractivity contribution in [1.29, 1.82) is 5.41 Å². The summed E-state index contributed by atoms with van der Waals surface area (Å²) < 4.78 is 4.96. The van der Waals surface area contributed by atoms with Gasteiger partial charge in [0.1, 0.15) is 5.84 Å². The second kappa shape index (κ2) is 8.60. The number of amides is 1. The number of amidine groups is 1. The molecule has 5 N–H and O–H groups in total. The minimum Gasteiger partial charge on any atom is -0.469 e. The van der Waals surface area contributed by atoms with Crippen LogP contribution in [-0.4, -0.2) is 35.8 Å². The molecule has 2 aromatic carbocycles. The second-order valence-corrected chi connectivity index (χ2v) is 6.99. The number of esters is 1. The summed E-state index contributed by atoms with van der Waals surface area (Å²) in [5, 5.41) is 11.5. The molecule has 2 unspecified atom stereocenters. The largest absolute Gasteiger partial charge is 0.469 e. The van der Waals surface area contributed by atoms with Gasteiger partial charge in [-0.25, -0.2) is 0 Å². The Bertz CT molecular complexity index is 1060. The highest BCUT2D eigenvalue weighted by molar-refractivity contribution is 5.98. The summed E-state index contributed by atoms with van der Waals surface area (Å²) in [4.78, 5) is 28.2. The van der Waals surface area contributed by atoms with Crippen LogP contribution in [0.25, 0.3) is 10.9 Å². The first-order valence-electron chi connectivity index (χ1n) is 9.28. The molecule has 1 heterocycles. The summed E-state index contributed by atoms with van der Waals surface area (Å²) in [6.45, 7) is 1.78. The molecule has 0 saturated heterocycles. The van der Waals surface area contributed by atoms with Crippen LogP contribution in [-0.2, 0) is 16.0 Å². The predicted molar refractivity (Wildman–Crippen MR) is 112 cm³/mol. The van der Waals surface area contributed by atoms with E-state index in [1.807, 2.05) is 24.4 Å². The van der Waals surface area contributed by atoms with Gasteiger partial charge in [0.05, 0.1) is 13.0 Å². The number of fused-ring (bicyclic) bond motifs is 1. The van der Waals surface area contributed by atoms with E-state index in [4.69, 9.17) is 15.9 Å². The number of carbonyl (C=O) groups is 2. The van der Waals surface area contributed by atoms with Crippen LogP contribution in [0.5, 0.6) is 0 Å². The van der Waals surface area contributed by atoms with E-state index in [9.17, 15) is 9.59 Å². The van der Waals surface area contributed by atoms with Gasteiger partial charge in [0.15, 0.2) is 0 Å². The van der Waals surface area contributed by atoms with E-state index in [2.05, 4.69) is 10.3 Å². The molecule has 0 aliphatic rings. The standard InChI is InChI=1S/C22H24N4O3/c1-13(26-21(27)17-7-6-15-8-9-25-19(15)12-17)18(22(28)29-2)11-14-4-3-5-16(10-14)20(23)24/h3-10,12-13,18,25H,11H2,1-2H3,(H3,23,24)(H,26,27). The molecule has 7 nitrogen and oxygen atoms in total. The normalized spacial score (nSPS) is 12.9. The number of nitrogens with one attached hydrogen (secondary N) is 3. The molecule has 0 radical (unpaired) electrons. The third kappa shape index (κ3) is 4.63. The molecular weight excluding hydrogens is 368 g/mol. The molecule has 3 rings (SSSR count). The fraction of sp³-hybridized carbons (Fsp3) is 0.227. The number of aromatic amines is 1. The van der Waals surface area contributed by atoms with Gasteiger partial charge in [-0.15, -0.1) is 0 Å². The van der Waals surface area contributed by atoms with Crippen LogP contribution in [0.1, 0.15) is 28.4 Å². The van der Waals surface area contributed by atoms with Crippen molar-refractivity contribution in [3.63, 3.8) is 0 Å². The zero-order valence-corrected chi connectivity index (χ0v) is 16.4. The summed E-state index contributed by atoms with van der Waals surface area (Å²) >= 11 is 0. The number of hydrogen-bond acceptors (Lipinski definition) is 4. The van der Waals surface area contributed by atoms with Gasteiger partial charge in [-0.2, -0.15) is 0 Å². The Morgan fingerprint density at radius 2 is 1.97 bits per heavy atom. The summed E-state index contributed by atoms with van der Waals surface area (Å²) in [6, 6.07) is 14.0. The number of methoxy groups -OCH3 is 1. The van der Waals surface area contributed by atoms with E-state index >= 15 is 0 Å². The van der Waals surface area contributed by atoms with Gasteiger partial charge in [0.25, 0.3) is 5.91 Å². The van der Waals surface area contributed by atoms with Crippen LogP contribution >= 0.6 is 0 Å². The highest BCUT2D eigenvalue weighted by Crippen LogP contribution is 2.18. The molecule has 0 spiro atoms. The van der Waals surface area contributed by atoms with E-state index in [0.29, 0.717) is 17.5 Å². The van der Waals surface area contributed by atoms with E-state index in [1.165, 1.54) is 7.11 Å². The zero-order valence-electron chi connectivity index (χ0n) is 16.4. The maximum Gasteiger partial charge on any atom is 0.311 e. The highest BCUT2D eigenvalue weighted by atomic mass is 16.5. The third-order valence-electron chi connectivity index (χ3n) is 4.98. The highest BCUT2D eigenvalue weighted by Gasteiger charge is 2.28. The minimum absolute atomic E-state index is 0.0393. The Labute approximate surface area is 168 Å². The van der Waals surface area contributed by atoms with E-state index in [0.717, 1.165) is 16.5 Å². The molecule has 0 aliphatic carbocycles. The van der Waals surface area contributed by atoms with Crippen LogP contribution in [0.4, 0.5) is 0 Å². The molecule has 1 amide bonds. The monoisotopic (exact) mass is 392 g/mol. The lowest BCUT2D eigenvalue weighted by Gasteiger charge is -2.23. The molecule has 2 atom stereocenters. The molecule has 0 saturated carbocycles. The third-order valence-corrected chi connectivity index (χ3v) is 4.98.